The zero-order chi connectivity index (χ0) is 16.8. The van der Waals surface area contributed by atoms with Gasteiger partial charge in [-0.05, 0) is 54.3 Å². The minimum Gasteiger partial charge on any atom is -0.0654 e. The van der Waals surface area contributed by atoms with Crippen molar-refractivity contribution in [3.63, 3.8) is 0 Å². The Hall–Kier alpha value is 0. The summed E-state index contributed by atoms with van der Waals surface area (Å²) < 4.78 is 0. The minimum absolute atomic E-state index is 0.660. The Balaban J connectivity index is 3.00. The second-order valence-corrected chi connectivity index (χ2v) is 8.29. The van der Waals surface area contributed by atoms with Crippen molar-refractivity contribution in [2.75, 3.05) is 0 Å². The van der Waals surface area contributed by atoms with E-state index in [9.17, 15) is 0 Å². The molecular formula is C22H44. The van der Waals surface area contributed by atoms with Crippen molar-refractivity contribution < 1.29 is 0 Å². The molecular weight excluding hydrogens is 264 g/mol. The van der Waals surface area contributed by atoms with Gasteiger partial charge in [-0.3, -0.25) is 0 Å². The van der Waals surface area contributed by atoms with Crippen LogP contribution in [0.5, 0.6) is 0 Å². The van der Waals surface area contributed by atoms with Gasteiger partial charge in [-0.15, -0.1) is 0 Å². The van der Waals surface area contributed by atoms with E-state index in [4.69, 9.17) is 0 Å². The van der Waals surface area contributed by atoms with Gasteiger partial charge in [0.1, 0.15) is 0 Å². The van der Waals surface area contributed by atoms with Crippen molar-refractivity contribution in [2.24, 2.45) is 35.0 Å². The van der Waals surface area contributed by atoms with Crippen molar-refractivity contribution >= 4 is 0 Å². The summed E-state index contributed by atoms with van der Waals surface area (Å²) in [6.07, 6.45) is 12.8. The molecule has 0 N–H and O–H groups in total. The van der Waals surface area contributed by atoms with E-state index in [0.717, 1.165) is 29.6 Å². The third-order valence-corrected chi connectivity index (χ3v) is 7.55. The van der Waals surface area contributed by atoms with E-state index in [1.165, 1.54) is 57.8 Å². The van der Waals surface area contributed by atoms with Crippen LogP contribution in [-0.4, -0.2) is 0 Å². The molecule has 1 rings (SSSR count). The fourth-order valence-corrected chi connectivity index (χ4v) is 5.95. The van der Waals surface area contributed by atoms with E-state index < -0.39 is 0 Å². The SMILES string of the molecule is CCCCCC1CC(C(C)CC)C1(CC)C(CC)C(C)CC. The molecule has 0 amide bonds. The van der Waals surface area contributed by atoms with Gasteiger partial charge in [0.05, 0.1) is 0 Å². The molecule has 1 saturated carbocycles. The molecule has 0 aliphatic heterocycles. The van der Waals surface area contributed by atoms with E-state index in [-0.39, 0.29) is 0 Å². The van der Waals surface area contributed by atoms with Crippen molar-refractivity contribution in [1.29, 1.82) is 0 Å². The Morgan fingerprint density at radius 2 is 1.59 bits per heavy atom. The average Bonchev–Trinajstić information content (AvgIpc) is 2.53. The largest absolute Gasteiger partial charge is 0.0654 e. The molecule has 0 aromatic heterocycles. The highest BCUT2D eigenvalue weighted by atomic mass is 14.6. The average molecular weight is 309 g/mol. The maximum absolute atomic E-state index is 2.53. The molecule has 1 aliphatic rings. The summed E-state index contributed by atoms with van der Waals surface area (Å²) in [6.45, 7) is 17.2. The first kappa shape index (κ1) is 20.0. The molecule has 6 atom stereocenters. The molecule has 22 heavy (non-hydrogen) atoms. The third kappa shape index (κ3) is 3.73. The highest BCUT2D eigenvalue weighted by Gasteiger charge is 2.58. The molecule has 1 aliphatic carbocycles. The lowest BCUT2D eigenvalue weighted by molar-refractivity contribution is -0.151. The molecule has 0 heteroatoms. The van der Waals surface area contributed by atoms with Crippen LogP contribution in [0.4, 0.5) is 0 Å². The van der Waals surface area contributed by atoms with Gasteiger partial charge >= 0.3 is 0 Å². The van der Waals surface area contributed by atoms with E-state index in [1.54, 1.807) is 0 Å². The van der Waals surface area contributed by atoms with Gasteiger partial charge in [0, 0.05) is 0 Å². The molecule has 6 unspecified atom stereocenters. The molecule has 0 aromatic carbocycles. The normalized spacial score (nSPS) is 32.3. The Morgan fingerprint density at radius 3 is 2.05 bits per heavy atom. The Kier molecular flexibility index (Phi) is 8.50. The summed E-state index contributed by atoms with van der Waals surface area (Å²) in [5.41, 5.74) is 0.660. The van der Waals surface area contributed by atoms with Gasteiger partial charge in [-0.25, -0.2) is 0 Å². The lowest BCUT2D eigenvalue weighted by Crippen LogP contribution is -2.57. The first-order valence-electron chi connectivity index (χ1n) is 10.5. The quantitative estimate of drug-likeness (QED) is 0.343. The van der Waals surface area contributed by atoms with Crippen LogP contribution in [0.15, 0.2) is 0 Å². The molecule has 132 valence electrons. The maximum Gasteiger partial charge on any atom is -0.0210 e. The first-order valence-corrected chi connectivity index (χ1v) is 10.5. The zero-order valence-electron chi connectivity index (χ0n) is 16.8. The lowest BCUT2D eigenvalue weighted by Gasteiger charge is -2.64. The highest BCUT2D eigenvalue weighted by molar-refractivity contribution is 5.06. The van der Waals surface area contributed by atoms with Crippen molar-refractivity contribution in [3.05, 3.63) is 0 Å². The lowest BCUT2D eigenvalue weighted by atomic mass is 9.41. The second kappa shape index (κ2) is 9.33. The monoisotopic (exact) mass is 308 g/mol. The van der Waals surface area contributed by atoms with Gasteiger partial charge in [-0.1, -0.05) is 87.0 Å². The number of hydrogen-bond donors (Lipinski definition) is 0. The molecule has 0 radical (unpaired) electrons. The second-order valence-electron chi connectivity index (χ2n) is 8.29. The van der Waals surface area contributed by atoms with Crippen molar-refractivity contribution in [3.8, 4) is 0 Å². The van der Waals surface area contributed by atoms with Crippen LogP contribution in [-0.2, 0) is 0 Å². The van der Waals surface area contributed by atoms with Gasteiger partial charge in [0.25, 0.3) is 0 Å². The van der Waals surface area contributed by atoms with Crippen LogP contribution in [0, 0.1) is 35.0 Å². The fourth-order valence-electron chi connectivity index (χ4n) is 5.95. The van der Waals surface area contributed by atoms with Crippen molar-refractivity contribution in [2.45, 2.75) is 106 Å². The Bertz CT molecular complexity index is 294. The minimum atomic E-state index is 0.660. The predicted octanol–water partition coefficient (Wildman–Crippen LogP) is 7.72. The molecule has 0 saturated heterocycles. The predicted molar refractivity (Wildman–Crippen MR) is 101 cm³/mol. The fraction of sp³-hybridized carbons (Fsp3) is 1.00. The highest BCUT2D eigenvalue weighted by Crippen LogP contribution is 2.65. The van der Waals surface area contributed by atoms with E-state index in [1.807, 2.05) is 0 Å². The Morgan fingerprint density at radius 1 is 0.909 bits per heavy atom. The standard InChI is InChI=1S/C22H44/c1-8-13-14-15-19-16-21(18(7)10-3)22(19,12-5)20(11-4)17(6)9-2/h17-21H,8-16H2,1-7H3. The molecule has 0 spiro atoms. The van der Waals surface area contributed by atoms with Gasteiger partial charge in [0.15, 0.2) is 0 Å². The van der Waals surface area contributed by atoms with Crippen LogP contribution >= 0.6 is 0 Å². The van der Waals surface area contributed by atoms with Gasteiger partial charge in [0.2, 0.25) is 0 Å². The summed E-state index contributed by atoms with van der Waals surface area (Å²) in [7, 11) is 0. The number of unbranched alkanes of at least 4 members (excludes halogenated alkanes) is 2. The summed E-state index contributed by atoms with van der Waals surface area (Å²) in [4.78, 5) is 0. The molecule has 0 aromatic rings. The third-order valence-electron chi connectivity index (χ3n) is 7.55. The molecule has 1 fully saturated rings. The zero-order valence-corrected chi connectivity index (χ0v) is 16.8. The topological polar surface area (TPSA) is 0 Å². The Labute approximate surface area is 141 Å². The van der Waals surface area contributed by atoms with E-state index in [0.29, 0.717) is 5.41 Å². The van der Waals surface area contributed by atoms with Crippen LogP contribution in [0.3, 0.4) is 0 Å². The number of rotatable bonds is 11. The van der Waals surface area contributed by atoms with Crippen molar-refractivity contribution in [1.82, 2.24) is 0 Å². The summed E-state index contributed by atoms with van der Waals surface area (Å²) in [5.74, 6) is 4.77. The summed E-state index contributed by atoms with van der Waals surface area (Å²) in [6, 6.07) is 0. The smallest absolute Gasteiger partial charge is 0.0210 e. The summed E-state index contributed by atoms with van der Waals surface area (Å²) >= 11 is 0. The summed E-state index contributed by atoms with van der Waals surface area (Å²) in [5, 5.41) is 0. The van der Waals surface area contributed by atoms with Gasteiger partial charge in [-0.2, -0.15) is 0 Å². The van der Waals surface area contributed by atoms with E-state index in [2.05, 4.69) is 48.5 Å². The van der Waals surface area contributed by atoms with Crippen LogP contribution < -0.4 is 0 Å². The van der Waals surface area contributed by atoms with Crippen LogP contribution in [0.1, 0.15) is 106 Å². The molecule has 0 heterocycles. The number of hydrogen-bond acceptors (Lipinski definition) is 0. The maximum atomic E-state index is 2.53. The van der Waals surface area contributed by atoms with Crippen LogP contribution in [0.25, 0.3) is 0 Å². The molecule has 0 nitrogen and oxygen atoms in total. The first-order chi connectivity index (χ1) is 10.5. The van der Waals surface area contributed by atoms with Gasteiger partial charge < -0.3 is 0 Å². The van der Waals surface area contributed by atoms with E-state index >= 15 is 0 Å². The molecule has 0 bridgehead atoms. The van der Waals surface area contributed by atoms with Crippen LogP contribution in [0.2, 0.25) is 0 Å².